The van der Waals surface area contributed by atoms with Crippen LogP contribution in [-0.2, 0) is 11.3 Å². The number of aliphatic hydroxyl groups excluding tert-OH is 1. The van der Waals surface area contributed by atoms with E-state index in [9.17, 15) is 9.90 Å². The lowest BCUT2D eigenvalue weighted by atomic mass is 10.2. The molecule has 0 fully saturated rings. The number of carbonyl (C=O) groups is 1. The van der Waals surface area contributed by atoms with Crippen molar-refractivity contribution < 1.29 is 14.6 Å². The van der Waals surface area contributed by atoms with E-state index in [0.29, 0.717) is 6.54 Å². The first-order valence-electron chi connectivity index (χ1n) is 6.35. The molecule has 20 heavy (non-hydrogen) atoms. The van der Waals surface area contributed by atoms with Crippen LogP contribution in [0, 0.1) is 0 Å². The molecule has 1 aromatic rings. The standard InChI is InChI=1S/C14H20BrNO3S/c1-5-16(13(18)19-14(2,3)4)20-12-8-6-7-11(15)10(12)9-17/h6-8,17H,5,9H2,1-4H3. The number of rotatable bonds is 4. The van der Waals surface area contributed by atoms with Crippen LogP contribution in [0.25, 0.3) is 0 Å². The highest BCUT2D eigenvalue weighted by Gasteiger charge is 2.23. The molecule has 0 saturated carbocycles. The minimum Gasteiger partial charge on any atom is -0.443 e. The lowest BCUT2D eigenvalue weighted by Crippen LogP contribution is -2.32. The Morgan fingerprint density at radius 2 is 2.10 bits per heavy atom. The van der Waals surface area contributed by atoms with Crippen molar-refractivity contribution in [3.8, 4) is 0 Å². The van der Waals surface area contributed by atoms with Crippen LogP contribution in [-0.4, -0.2) is 27.7 Å². The topological polar surface area (TPSA) is 49.8 Å². The second-order valence-corrected chi connectivity index (χ2v) is 7.06. The molecule has 0 saturated heterocycles. The number of aliphatic hydroxyl groups is 1. The van der Waals surface area contributed by atoms with Gasteiger partial charge in [-0.3, -0.25) is 0 Å². The van der Waals surface area contributed by atoms with E-state index in [0.717, 1.165) is 14.9 Å². The van der Waals surface area contributed by atoms with Gasteiger partial charge in [-0.25, -0.2) is 9.10 Å². The molecule has 0 aliphatic carbocycles. The van der Waals surface area contributed by atoms with Gasteiger partial charge in [0.25, 0.3) is 0 Å². The fraction of sp³-hybridized carbons (Fsp3) is 0.500. The molecule has 1 rings (SSSR count). The van der Waals surface area contributed by atoms with E-state index in [1.807, 2.05) is 45.9 Å². The summed E-state index contributed by atoms with van der Waals surface area (Å²) in [5.41, 5.74) is 0.238. The lowest BCUT2D eigenvalue weighted by molar-refractivity contribution is 0.0411. The van der Waals surface area contributed by atoms with Gasteiger partial charge < -0.3 is 9.84 Å². The van der Waals surface area contributed by atoms with Crippen LogP contribution in [0.15, 0.2) is 27.6 Å². The molecule has 0 aliphatic rings. The highest BCUT2D eigenvalue weighted by atomic mass is 79.9. The monoisotopic (exact) mass is 361 g/mol. The second-order valence-electron chi connectivity index (χ2n) is 5.14. The zero-order valence-electron chi connectivity index (χ0n) is 12.1. The predicted molar refractivity (Wildman–Crippen MR) is 84.5 cm³/mol. The predicted octanol–water partition coefficient (Wildman–Crippen LogP) is 4.21. The maximum absolute atomic E-state index is 12.1. The van der Waals surface area contributed by atoms with Crippen molar-refractivity contribution in [1.82, 2.24) is 4.31 Å². The minimum absolute atomic E-state index is 0.0877. The number of ether oxygens (including phenoxy) is 1. The molecule has 1 aromatic carbocycles. The molecule has 4 nitrogen and oxygen atoms in total. The molecule has 6 heteroatoms. The molecule has 0 bridgehead atoms. The third kappa shape index (κ3) is 5.00. The third-order valence-electron chi connectivity index (χ3n) is 2.33. The molecule has 0 spiro atoms. The number of hydrogen-bond donors (Lipinski definition) is 1. The Labute approximate surface area is 132 Å². The largest absolute Gasteiger partial charge is 0.443 e. The van der Waals surface area contributed by atoms with E-state index in [2.05, 4.69) is 15.9 Å². The Bertz CT molecular complexity index is 474. The summed E-state index contributed by atoms with van der Waals surface area (Å²) < 4.78 is 7.72. The molecule has 0 unspecified atom stereocenters. The van der Waals surface area contributed by atoms with Gasteiger partial charge in [0.1, 0.15) is 5.60 Å². The van der Waals surface area contributed by atoms with Crippen LogP contribution in [0.4, 0.5) is 4.79 Å². The summed E-state index contributed by atoms with van der Waals surface area (Å²) in [7, 11) is 0. The number of amides is 1. The van der Waals surface area contributed by atoms with Crippen LogP contribution < -0.4 is 0 Å². The number of halogens is 1. The van der Waals surface area contributed by atoms with Gasteiger partial charge in [-0.1, -0.05) is 22.0 Å². The molecule has 0 heterocycles. The summed E-state index contributed by atoms with van der Waals surface area (Å²) in [6.07, 6.45) is -0.381. The maximum Gasteiger partial charge on any atom is 0.420 e. The normalized spacial score (nSPS) is 11.3. The Hall–Kier alpha value is -0.720. The van der Waals surface area contributed by atoms with Crippen LogP contribution in [0.5, 0.6) is 0 Å². The van der Waals surface area contributed by atoms with Gasteiger partial charge in [-0.15, -0.1) is 0 Å². The fourth-order valence-corrected chi connectivity index (χ4v) is 2.97. The van der Waals surface area contributed by atoms with Gasteiger partial charge in [-0.05, 0) is 51.8 Å². The zero-order chi connectivity index (χ0) is 15.3. The minimum atomic E-state index is -0.526. The molecule has 112 valence electrons. The Morgan fingerprint density at radius 3 is 2.60 bits per heavy atom. The number of carbonyl (C=O) groups excluding carboxylic acids is 1. The summed E-state index contributed by atoms with van der Waals surface area (Å²) in [4.78, 5) is 12.9. The second kappa shape index (κ2) is 7.33. The van der Waals surface area contributed by atoms with Gasteiger partial charge in [0.05, 0.1) is 6.61 Å². The summed E-state index contributed by atoms with van der Waals surface area (Å²) in [5, 5.41) is 9.43. The summed E-state index contributed by atoms with van der Waals surface area (Å²) >= 11 is 4.67. The Morgan fingerprint density at radius 1 is 1.45 bits per heavy atom. The fourth-order valence-electron chi connectivity index (χ4n) is 1.44. The van der Waals surface area contributed by atoms with Gasteiger partial charge in [-0.2, -0.15) is 0 Å². The van der Waals surface area contributed by atoms with Crippen LogP contribution in [0.2, 0.25) is 0 Å². The molecule has 0 radical (unpaired) electrons. The van der Waals surface area contributed by atoms with Crippen molar-refractivity contribution in [2.24, 2.45) is 0 Å². The van der Waals surface area contributed by atoms with E-state index < -0.39 is 5.60 Å². The van der Waals surface area contributed by atoms with E-state index in [1.165, 1.54) is 16.3 Å². The first-order valence-corrected chi connectivity index (χ1v) is 7.92. The maximum atomic E-state index is 12.1. The van der Waals surface area contributed by atoms with Crippen LogP contribution in [0.3, 0.4) is 0 Å². The summed E-state index contributed by atoms with van der Waals surface area (Å²) in [5.74, 6) is 0. The number of nitrogens with zero attached hydrogens (tertiary/aromatic N) is 1. The van der Waals surface area contributed by atoms with E-state index in [4.69, 9.17) is 4.74 Å². The van der Waals surface area contributed by atoms with Crippen molar-refractivity contribution in [1.29, 1.82) is 0 Å². The Balaban J connectivity index is 2.89. The van der Waals surface area contributed by atoms with Crippen molar-refractivity contribution in [2.45, 2.75) is 44.8 Å². The van der Waals surface area contributed by atoms with Crippen molar-refractivity contribution in [2.75, 3.05) is 6.54 Å². The average Bonchev–Trinajstić information content (AvgIpc) is 2.33. The third-order valence-corrected chi connectivity index (χ3v) is 4.28. The smallest absolute Gasteiger partial charge is 0.420 e. The van der Waals surface area contributed by atoms with Crippen molar-refractivity contribution >= 4 is 34.0 Å². The van der Waals surface area contributed by atoms with Gasteiger partial charge in [0, 0.05) is 21.5 Å². The van der Waals surface area contributed by atoms with Crippen molar-refractivity contribution in [3.05, 3.63) is 28.2 Å². The van der Waals surface area contributed by atoms with Gasteiger partial charge in [0.2, 0.25) is 0 Å². The highest BCUT2D eigenvalue weighted by molar-refractivity contribution is 9.10. The Kier molecular flexibility index (Phi) is 6.36. The average molecular weight is 362 g/mol. The molecule has 0 aliphatic heterocycles. The number of hydrogen-bond acceptors (Lipinski definition) is 4. The zero-order valence-corrected chi connectivity index (χ0v) is 14.5. The molecular weight excluding hydrogens is 342 g/mol. The van der Waals surface area contributed by atoms with Gasteiger partial charge in [0.15, 0.2) is 0 Å². The lowest BCUT2D eigenvalue weighted by Gasteiger charge is -2.26. The van der Waals surface area contributed by atoms with Gasteiger partial charge >= 0.3 is 6.09 Å². The van der Waals surface area contributed by atoms with E-state index >= 15 is 0 Å². The molecule has 1 N–H and O–H groups in total. The van der Waals surface area contributed by atoms with Crippen LogP contribution in [0.1, 0.15) is 33.3 Å². The first-order chi connectivity index (χ1) is 9.28. The SMILES string of the molecule is CCN(Sc1cccc(Br)c1CO)C(=O)OC(C)(C)C. The van der Waals surface area contributed by atoms with Crippen LogP contribution >= 0.6 is 27.9 Å². The van der Waals surface area contributed by atoms with Crippen molar-refractivity contribution in [3.63, 3.8) is 0 Å². The number of benzene rings is 1. The highest BCUT2D eigenvalue weighted by Crippen LogP contribution is 2.31. The van der Waals surface area contributed by atoms with E-state index in [1.54, 1.807) is 0 Å². The molecule has 1 amide bonds. The molecular formula is C14H20BrNO3S. The quantitative estimate of drug-likeness (QED) is 0.816. The molecule has 0 atom stereocenters. The summed E-state index contributed by atoms with van der Waals surface area (Å²) in [6, 6.07) is 5.60. The first kappa shape index (κ1) is 17.3. The van der Waals surface area contributed by atoms with E-state index in [-0.39, 0.29) is 12.7 Å². The molecule has 0 aromatic heterocycles. The summed E-state index contributed by atoms with van der Waals surface area (Å²) in [6.45, 7) is 7.81.